The summed E-state index contributed by atoms with van der Waals surface area (Å²) in [4.78, 5) is 11.4. The van der Waals surface area contributed by atoms with E-state index in [0.29, 0.717) is 4.47 Å². The van der Waals surface area contributed by atoms with Gasteiger partial charge in [-0.2, -0.15) is 0 Å². The zero-order chi connectivity index (χ0) is 13.0. The third-order valence-electron chi connectivity index (χ3n) is 2.16. The molecule has 6 heteroatoms. The Morgan fingerprint density at radius 1 is 1.53 bits per heavy atom. The molecule has 94 valence electrons. The highest BCUT2D eigenvalue weighted by Crippen LogP contribution is 2.23. The van der Waals surface area contributed by atoms with E-state index in [1.165, 1.54) is 12.1 Å². The third-order valence-corrected chi connectivity index (χ3v) is 2.80. The maximum absolute atomic E-state index is 13.3. The number of carbonyl (C=O) groups is 1. The van der Waals surface area contributed by atoms with Gasteiger partial charge in [-0.25, -0.2) is 10.2 Å². The Hall–Kier alpha value is -1.14. The van der Waals surface area contributed by atoms with Gasteiger partial charge in [-0.05, 0) is 34.0 Å². The highest BCUT2D eigenvalue weighted by atomic mass is 79.9. The van der Waals surface area contributed by atoms with Gasteiger partial charge in [-0.1, -0.05) is 13.8 Å². The second-order valence-corrected chi connectivity index (χ2v) is 4.72. The lowest BCUT2D eigenvalue weighted by Gasteiger charge is -2.20. The van der Waals surface area contributed by atoms with Gasteiger partial charge < -0.3 is 4.74 Å². The maximum Gasteiger partial charge on any atom is 0.275 e. The lowest BCUT2D eigenvalue weighted by Crippen LogP contribution is -2.44. The molecule has 1 rings (SSSR count). The molecule has 3 N–H and O–H groups in total. The van der Waals surface area contributed by atoms with Crippen LogP contribution in [0.25, 0.3) is 0 Å². The fraction of sp³-hybridized carbons (Fsp3) is 0.364. The van der Waals surface area contributed by atoms with E-state index in [2.05, 4.69) is 15.9 Å². The van der Waals surface area contributed by atoms with Gasteiger partial charge in [0.15, 0.2) is 6.10 Å². The smallest absolute Gasteiger partial charge is 0.275 e. The molecule has 1 atom stereocenters. The normalized spacial score (nSPS) is 12.4. The van der Waals surface area contributed by atoms with Crippen LogP contribution in [0.3, 0.4) is 0 Å². The van der Waals surface area contributed by atoms with Gasteiger partial charge in [0.25, 0.3) is 5.91 Å². The van der Waals surface area contributed by atoms with Gasteiger partial charge in [0, 0.05) is 6.07 Å². The second-order valence-electron chi connectivity index (χ2n) is 3.87. The van der Waals surface area contributed by atoms with Gasteiger partial charge >= 0.3 is 0 Å². The molecule has 0 fully saturated rings. The molecule has 1 amide bonds. The second kappa shape index (κ2) is 5.97. The number of halogens is 2. The molecule has 0 radical (unpaired) electrons. The number of carbonyl (C=O) groups excluding carboxylic acids is 1. The van der Waals surface area contributed by atoms with Crippen molar-refractivity contribution in [1.29, 1.82) is 0 Å². The first kappa shape index (κ1) is 13.9. The van der Waals surface area contributed by atoms with Crippen molar-refractivity contribution < 1.29 is 13.9 Å². The van der Waals surface area contributed by atoms with Gasteiger partial charge in [-0.3, -0.25) is 10.2 Å². The van der Waals surface area contributed by atoms with Crippen LogP contribution in [0.15, 0.2) is 22.7 Å². The number of hydrogen-bond donors (Lipinski definition) is 2. The summed E-state index contributed by atoms with van der Waals surface area (Å²) in [5, 5.41) is 0. The molecule has 0 aliphatic carbocycles. The summed E-state index contributed by atoms with van der Waals surface area (Å²) >= 11 is 3.04. The monoisotopic (exact) mass is 304 g/mol. The van der Waals surface area contributed by atoms with Gasteiger partial charge in [0.1, 0.15) is 11.6 Å². The SMILES string of the molecule is CC(C)C(Oc1ccc(Br)c(F)c1)C(=O)NN. The molecule has 0 aliphatic rings. The van der Waals surface area contributed by atoms with Crippen LogP contribution in [0, 0.1) is 11.7 Å². The van der Waals surface area contributed by atoms with Crippen molar-refractivity contribution in [2.24, 2.45) is 11.8 Å². The minimum Gasteiger partial charge on any atom is -0.480 e. The fourth-order valence-corrected chi connectivity index (χ4v) is 1.52. The topological polar surface area (TPSA) is 64.3 Å². The summed E-state index contributed by atoms with van der Waals surface area (Å²) in [7, 11) is 0. The van der Waals surface area contributed by atoms with Crippen LogP contribution in [0.5, 0.6) is 5.75 Å². The average molecular weight is 305 g/mol. The first-order chi connectivity index (χ1) is 7.95. The Balaban J connectivity index is 2.86. The molecule has 4 nitrogen and oxygen atoms in total. The number of nitrogens with two attached hydrogens (primary N) is 1. The van der Waals surface area contributed by atoms with Crippen molar-refractivity contribution in [2.45, 2.75) is 20.0 Å². The van der Waals surface area contributed by atoms with Crippen molar-refractivity contribution in [3.63, 3.8) is 0 Å². The van der Waals surface area contributed by atoms with Crippen LogP contribution in [-0.4, -0.2) is 12.0 Å². The van der Waals surface area contributed by atoms with Crippen LogP contribution in [-0.2, 0) is 4.79 Å². The molecular weight excluding hydrogens is 291 g/mol. The number of benzene rings is 1. The van der Waals surface area contributed by atoms with Crippen molar-refractivity contribution >= 4 is 21.8 Å². The summed E-state index contributed by atoms with van der Waals surface area (Å²) in [5.41, 5.74) is 2.03. The molecule has 1 aromatic rings. The zero-order valence-corrected chi connectivity index (χ0v) is 11.1. The Morgan fingerprint density at radius 3 is 2.65 bits per heavy atom. The van der Waals surface area contributed by atoms with Gasteiger partial charge in [-0.15, -0.1) is 0 Å². The predicted octanol–water partition coefficient (Wildman–Crippen LogP) is 1.98. The molecule has 0 saturated carbocycles. The van der Waals surface area contributed by atoms with Crippen molar-refractivity contribution in [1.82, 2.24) is 5.43 Å². The van der Waals surface area contributed by atoms with Crippen LogP contribution >= 0.6 is 15.9 Å². The standard InChI is InChI=1S/C11H14BrFN2O2/c1-6(2)10(11(16)15-14)17-7-3-4-8(12)9(13)5-7/h3-6,10H,14H2,1-2H3,(H,15,16). The fourth-order valence-electron chi connectivity index (χ4n) is 1.27. The number of ether oxygens (including phenoxy) is 1. The quantitative estimate of drug-likeness (QED) is 0.508. The van der Waals surface area contributed by atoms with Crippen LogP contribution in [0.4, 0.5) is 4.39 Å². The maximum atomic E-state index is 13.3. The van der Waals surface area contributed by atoms with E-state index in [1.54, 1.807) is 6.07 Å². The summed E-state index contributed by atoms with van der Waals surface area (Å²) in [6.07, 6.45) is -0.749. The molecular formula is C11H14BrFN2O2. The Labute approximate surface area is 107 Å². The van der Waals surface area contributed by atoms with E-state index >= 15 is 0 Å². The molecule has 0 saturated heterocycles. The minimum absolute atomic E-state index is 0.0785. The van der Waals surface area contributed by atoms with E-state index in [-0.39, 0.29) is 11.7 Å². The zero-order valence-electron chi connectivity index (χ0n) is 9.54. The van der Waals surface area contributed by atoms with E-state index in [0.717, 1.165) is 0 Å². The van der Waals surface area contributed by atoms with E-state index in [9.17, 15) is 9.18 Å². The van der Waals surface area contributed by atoms with E-state index in [4.69, 9.17) is 10.6 Å². The number of nitrogens with one attached hydrogen (secondary N) is 1. The van der Waals surface area contributed by atoms with Crippen LogP contribution < -0.4 is 16.0 Å². The van der Waals surface area contributed by atoms with Gasteiger partial charge in [0.05, 0.1) is 4.47 Å². The molecule has 1 unspecified atom stereocenters. The summed E-state index contributed by atoms with van der Waals surface area (Å²) in [6, 6.07) is 4.30. The van der Waals surface area contributed by atoms with Crippen molar-refractivity contribution in [3.05, 3.63) is 28.5 Å². The summed E-state index contributed by atoms with van der Waals surface area (Å²) in [6.45, 7) is 3.63. The molecule has 0 spiro atoms. The number of rotatable bonds is 4. The Bertz CT molecular complexity index is 412. The third kappa shape index (κ3) is 3.67. The van der Waals surface area contributed by atoms with Crippen LogP contribution in [0.2, 0.25) is 0 Å². The lowest BCUT2D eigenvalue weighted by molar-refractivity contribution is -0.129. The van der Waals surface area contributed by atoms with Crippen molar-refractivity contribution in [3.8, 4) is 5.75 Å². The highest BCUT2D eigenvalue weighted by Gasteiger charge is 2.23. The van der Waals surface area contributed by atoms with Crippen molar-refractivity contribution in [2.75, 3.05) is 0 Å². The largest absolute Gasteiger partial charge is 0.480 e. The van der Waals surface area contributed by atoms with E-state index in [1.807, 2.05) is 19.3 Å². The van der Waals surface area contributed by atoms with Crippen LogP contribution in [0.1, 0.15) is 13.8 Å². The molecule has 0 aromatic heterocycles. The van der Waals surface area contributed by atoms with E-state index < -0.39 is 17.8 Å². The lowest BCUT2D eigenvalue weighted by atomic mass is 10.1. The number of hydrogen-bond acceptors (Lipinski definition) is 3. The van der Waals surface area contributed by atoms with Gasteiger partial charge in [0.2, 0.25) is 0 Å². The molecule has 0 heterocycles. The molecule has 0 bridgehead atoms. The molecule has 17 heavy (non-hydrogen) atoms. The Morgan fingerprint density at radius 2 is 2.18 bits per heavy atom. The first-order valence-corrected chi connectivity index (χ1v) is 5.87. The highest BCUT2D eigenvalue weighted by molar-refractivity contribution is 9.10. The predicted molar refractivity (Wildman–Crippen MR) is 65.7 cm³/mol. The molecule has 1 aromatic carbocycles. The Kier molecular flexibility index (Phi) is 4.89. The number of hydrazine groups is 1. The number of amides is 1. The average Bonchev–Trinajstić information content (AvgIpc) is 2.29. The summed E-state index contributed by atoms with van der Waals surface area (Å²) in [5.74, 6) is 4.38. The first-order valence-electron chi connectivity index (χ1n) is 5.08. The summed E-state index contributed by atoms with van der Waals surface area (Å²) < 4.78 is 19.0. The molecule has 0 aliphatic heterocycles. The minimum atomic E-state index is -0.749.